The topological polar surface area (TPSA) is 105 Å². The molecule has 2 aromatic rings. The maximum Gasteiger partial charge on any atom is 0.490 e. The van der Waals surface area contributed by atoms with Crippen LogP contribution < -0.4 is 10.2 Å². The lowest BCUT2D eigenvalue weighted by atomic mass is 9.91. The van der Waals surface area contributed by atoms with Gasteiger partial charge in [-0.3, -0.25) is 4.79 Å². The minimum atomic E-state index is -5.08. The molecule has 0 spiro atoms. The van der Waals surface area contributed by atoms with E-state index in [9.17, 15) is 18.0 Å². The number of aryl methyl sites for hydroxylation is 1. The highest BCUT2D eigenvalue weighted by Gasteiger charge is 2.42. The van der Waals surface area contributed by atoms with Gasteiger partial charge in [-0.25, -0.2) is 4.79 Å². The summed E-state index contributed by atoms with van der Waals surface area (Å²) in [5, 5.41) is 20.5. The average molecular weight is 472 g/mol. The fourth-order valence-electron chi connectivity index (χ4n) is 3.57. The molecule has 4 heterocycles. The van der Waals surface area contributed by atoms with Crippen LogP contribution in [0.3, 0.4) is 0 Å². The number of hydrogen-bond acceptors (Lipinski definition) is 7. The Labute approximate surface area is 186 Å². The zero-order valence-electron chi connectivity index (χ0n) is 17.2. The zero-order valence-corrected chi connectivity index (χ0v) is 18.0. The van der Waals surface area contributed by atoms with Gasteiger partial charge in [0.05, 0.1) is 18.3 Å². The molecule has 4 rings (SSSR count). The first-order valence-electron chi connectivity index (χ1n) is 9.94. The SMILES string of the molecule is Cc1ccc(N2CC[C@H]3C[C@@H](C(=O)NCc4cccs4)O[C@@H]3C2)nn1.O=C(O)C(F)(F)F. The van der Waals surface area contributed by atoms with Crippen LogP contribution in [0.4, 0.5) is 19.0 Å². The van der Waals surface area contributed by atoms with E-state index in [1.807, 2.05) is 36.6 Å². The van der Waals surface area contributed by atoms with Crippen molar-refractivity contribution in [3.8, 4) is 0 Å². The van der Waals surface area contributed by atoms with Crippen molar-refractivity contribution >= 4 is 29.0 Å². The van der Waals surface area contributed by atoms with Crippen LogP contribution in [0.5, 0.6) is 0 Å². The first-order valence-corrected chi connectivity index (χ1v) is 10.8. The molecule has 2 N–H and O–H groups in total. The molecule has 0 aliphatic carbocycles. The quantitative estimate of drug-likeness (QED) is 0.705. The molecule has 0 bridgehead atoms. The van der Waals surface area contributed by atoms with Crippen molar-refractivity contribution < 1.29 is 32.6 Å². The number of carbonyl (C=O) groups excluding carboxylic acids is 1. The van der Waals surface area contributed by atoms with E-state index in [1.165, 1.54) is 0 Å². The van der Waals surface area contributed by atoms with E-state index in [2.05, 4.69) is 20.4 Å². The predicted octanol–water partition coefficient (Wildman–Crippen LogP) is 2.78. The maximum absolute atomic E-state index is 12.4. The summed E-state index contributed by atoms with van der Waals surface area (Å²) in [6.07, 6.45) is -3.49. The summed E-state index contributed by atoms with van der Waals surface area (Å²) in [4.78, 5) is 24.7. The Hall–Kier alpha value is -2.73. The van der Waals surface area contributed by atoms with Gasteiger partial charge in [0.15, 0.2) is 5.82 Å². The fraction of sp³-hybridized carbons (Fsp3) is 0.500. The Balaban J connectivity index is 0.000000360. The van der Waals surface area contributed by atoms with Gasteiger partial charge in [0.25, 0.3) is 0 Å². The molecule has 2 fully saturated rings. The Morgan fingerprint density at radius 3 is 2.66 bits per heavy atom. The third-order valence-electron chi connectivity index (χ3n) is 5.21. The summed E-state index contributed by atoms with van der Waals surface area (Å²) in [6, 6.07) is 8.00. The minimum Gasteiger partial charge on any atom is -0.475 e. The molecule has 2 aliphatic rings. The zero-order chi connectivity index (χ0) is 23.3. The Morgan fingerprint density at radius 2 is 2.06 bits per heavy atom. The monoisotopic (exact) mass is 472 g/mol. The van der Waals surface area contributed by atoms with Crippen LogP contribution in [0.15, 0.2) is 29.6 Å². The molecular weight excluding hydrogens is 449 g/mol. The van der Waals surface area contributed by atoms with Crippen LogP contribution in [0.1, 0.15) is 23.4 Å². The van der Waals surface area contributed by atoms with Crippen molar-refractivity contribution in [2.24, 2.45) is 5.92 Å². The third-order valence-corrected chi connectivity index (χ3v) is 6.09. The number of nitrogens with one attached hydrogen (secondary N) is 1. The Kier molecular flexibility index (Phi) is 7.67. The molecule has 2 aliphatic heterocycles. The van der Waals surface area contributed by atoms with Crippen molar-refractivity contribution in [2.45, 2.75) is 44.7 Å². The van der Waals surface area contributed by atoms with Crippen LogP contribution in [-0.4, -0.2) is 58.7 Å². The number of carbonyl (C=O) groups is 2. The molecule has 8 nitrogen and oxygen atoms in total. The van der Waals surface area contributed by atoms with Gasteiger partial charge < -0.3 is 20.1 Å². The second-order valence-electron chi connectivity index (χ2n) is 7.53. The third kappa shape index (κ3) is 6.39. The maximum atomic E-state index is 12.4. The van der Waals surface area contributed by atoms with E-state index in [-0.39, 0.29) is 18.1 Å². The van der Waals surface area contributed by atoms with Gasteiger partial charge in [0.2, 0.25) is 5.91 Å². The number of carboxylic acid groups (broad SMARTS) is 1. The molecule has 0 radical (unpaired) electrons. The number of rotatable bonds is 4. The van der Waals surface area contributed by atoms with Crippen LogP contribution in [0.25, 0.3) is 0 Å². The summed E-state index contributed by atoms with van der Waals surface area (Å²) < 4.78 is 37.8. The van der Waals surface area contributed by atoms with Crippen molar-refractivity contribution in [3.05, 3.63) is 40.2 Å². The number of carboxylic acids is 1. The number of nitrogens with zero attached hydrogens (tertiary/aromatic N) is 3. The largest absolute Gasteiger partial charge is 0.490 e. The standard InChI is InChI=1S/C18H22N4O2S.C2HF3O2/c1-12-4-5-17(21-20-12)22-7-6-13-9-15(24-16(13)11-22)18(23)19-10-14-3-2-8-25-14;3-2(4,5)1(6)7/h2-5,8,13,15-16H,6-7,9-11H2,1H3,(H,19,23);(H,6,7)/t13-,15-,16+;/m0./s1. The van der Waals surface area contributed by atoms with E-state index >= 15 is 0 Å². The number of amides is 1. The van der Waals surface area contributed by atoms with E-state index in [1.54, 1.807) is 11.3 Å². The van der Waals surface area contributed by atoms with E-state index in [0.29, 0.717) is 12.5 Å². The number of anilines is 1. The smallest absolute Gasteiger partial charge is 0.475 e. The molecule has 12 heteroatoms. The number of fused-ring (bicyclic) bond motifs is 1. The molecule has 0 saturated carbocycles. The number of hydrogen-bond donors (Lipinski definition) is 2. The summed E-state index contributed by atoms with van der Waals surface area (Å²) in [6.45, 7) is 4.22. The highest BCUT2D eigenvalue weighted by Crippen LogP contribution is 2.34. The lowest BCUT2D eigenvalue weighted by Crippen LogP contribution is -2.43. The fourth-order valence-corrected chi connectivity index (χ4v) is 4.21. The lowest BCUT2D eigenvalue weighted by Gasteiger charge is -2.34. The van der Waals surface area contributed by atoms with E-state index in [4.69, 9.17) is 14.6 Å². The van der Waals surface area contributed by atoms with Gasteiger partial charge >= 0.3 is 12.1 Å². The summed E-state index contributed by atoms with van der Waals surface area (Å²) in [5.74, 6) is -1.41. The summed E-state index contributed by atoms with van der Waals surface area (Å²) in [7, 11) is 0. The van der Waals surface area contributed by atoms with Gasteiger partial charge in [-0.1, -0.05) is 6.07 Å². The lowest BCUT2D eigenvalue weighted by molar-refractivity contribution is -0.192. The van der Waals surface area contributed by atoms with Crippen LogP contribution in [0, 0.1) is 12.8 Å². The van der Waals surface area contributed by atoms with Gasteiger partial charge in [0, 0.05) is 18.0 Å². The van der Waals surface area contributed by atoms with Crippen molar-refractivity contribution in [2.75, 3.05) is 18.0 Å². The molecule has 2 aromatic heterocycles. The van der Waals surface area contributed by atoms with Gasteiger partial charge in [-0.2, -0.15) is 18.3 Å². The number of halogens is 3. The van der Waals surface area contributed by atoms with Crippen LogP contribution in [-0.2, 0) is 20.9 Å². The minimum absolute atomic E-state index is 0.00415. The van der Waals surface area contributed by atoms with Crippen molar-refractivity contribution in [1.29, 1.82) is 0 Å². The average Bonchev–Trinajstić information content (AvgIpc) is 3.41. The van der Waals surface area contributed by atoms with E-state index < -0.39 is 12.1 Å². The summed E-state index contributed by atoms with van der Waals surface area (Å²) >= 11 is 1.65. The second-order valence-corrected chi connectivity index (χ2v) is 8.56. The molecule has 3 atom stereocenters. The summed E-state index contributed by atoms with van der Waals surface area (Å²) in [5.41, 5.74) is 0.915. The van der Waals surface area contributed by atoms with Crippen LogP contribution in [0.2, 0.25) is 0 Å². The number of alkyl halides is 3. The molecule has 32 heavy (non-hydrogen) atoms. The van der Waals surface area contributed by atoms with Crippen molar-refractivity contribution in [1.82, 2.24) is 15.5 Å². The molecule has 1 amide bonds. The van der Waals surface area contributed by atoms with Gasteiger partial charge in [0.1, 0.15) is 6.10 Å². The first-order chi connectivity index (χ1) is 15.1. The Morgan fingerprint density at radius 1 is 1.31 bits per heavy atom. The number of piperidine rings is 1. The molecule has 174 valence electrons. The highest BCUT2D eigenvalue weighted by molar-refractivity contribution is 7.09. The Bertz CT molecular complexity index is 909. The van der Waals surface area contributed by atoms with Crippen LogP contribution >= 0.6 is 11.3 Å². The number of aromatic nitrogens is 2. The first kappa shape index (κ1) is 23.9. The number of thiophene rings is 1. The van der Waals surface area contributed by atoms with Crippen molar-refractivity contribution in [3.63, 3.8) is 0 Å². The number of ether oxygens (including phenoxy) is 1. The molecule has 2 saturated heterocycles. The van der Waals surface area contributed by atoms with E-state index in [0.717, 1.165) is 42.3 Å². The predicted molar refractivity (Wildman–Crippen MR) is 110 cm³/mol. The molecular formula is C20H23F3N4O4S. The van der Waals surface area contributed by atoms with Gasteiger partial charge in [-0.15, -0.1) is 16.4 Å². The second kappa shape index (κ2) is 10.3. The highest BCUT2D eigenvalue weighted by atomic mass is 32.1. The number of aliphatic carboxylic acids is 1. The van der Waals surface area contributed by atoms with Gasteiger partial charge in [-0.05, 0) is 49.3 Å². The normalized spacial score (nSPS) is 22.5. The molecule has 0 aromatic carbocycles. The molecule has 0 unspecified atom stereocenters.